The Hall–Kier alpha value is -1.29. The van der Waals surface area contributed by atoms with Gasteiger partial charge >= 0.3 is 0 Å². The Morgan fingerprint density at radius 3 is 2.39 bits per heavy atom. The van der Waals surface area contributed by atoms with Gasteiger partial charge in [-0.15, -0.1) is 0 Å². The smallest absolute Gasteiger partial charge is 0.258 e. The van der Waals surface area contributed by atoms with Crippen molar-refractivity contribution >= 4 is 46.5 Å². The quantitative estimate of drug-likeness (QED) is 0.899. The SMILES string of the molecule is O=C(Nc1ccc(Cl)cn1)c1ccc(Cl)cc1Cl. The summed E-state index contributed by atoms with van der Waals surface area (Å²) in [7, 11) is 0. The van der Waals surface area contributed by atoms with Crippen molar-refractivity contribution in [1.82, 2.24) is 4.98 Å². The van der Waals surface area contributed by atoms with Gasteiger partial charge in [0.25, 0.3) is 5.91 Å². The fourth-order valence-electron chi connectivity index (χ4n) is 1.31. The molecule has 1 heterocycles. The van der Waals surface area contributed by atoms with Crippen LogP contribution in [-0.4, -0.2) is 10.9 Å². The fraction of sp³-hybridized carbons (Fsp3) is 0. The highest BCUT2D eigenvalue weighted by atomic mass is 35.5. The molecule has 0 saturated carbocycles. The van der Waals surface area contributed by atoms with Crippen LogP contribution in [0.2, 0.25) is 15.1 Å². The van der Waals surface area contributed by atoms with E-state index in [-0.39, 0.29) is 10.9 Å². The van der Waals surface area contributed by atoms with Crippen molar-refractivity contribution in [3.63, 3.8) is 0 Å². The maximum absolute atomic E-state index is 11.9. The first kappa shape index (κ1) is 13.1. The van der Waals surface area contributed by atoms with Gasteiger partial charge in [-0.3, -0.25) is 4.79 Å². The van der Waals surface area contributed by atoms with Crippen LogP contribution in [0.4, 0.5) is 5.82 Å². The highest BCUT2D eigenvalue weighted by Gasteiger charge is 2.11. The molecule has 0 atom stereocenters. The summed E-state index contributed by atoms with van der Waals surface area (Å²) in [5.74, 6) is 0.0434. The van der Waals surface area contributed by atoms with E-state index >= 15 is 0 Å². The maximum Gasteiger partial charge on any atom is 0.258 e. The van der Waals surface area contributed by atoms with E-state index in [9.17, 15) is 4.79 Å². The van der Waals surface area contributed by atoms with E-state index in [2.05, 4.69) is 10.3 Å². The first-order valence-electron chi connectivity index (χ1n) is 4.94. The molecule has 0 radical (unpaired) electrons. The number of halogens is 3. The standard InChI is InChI=1S/C12H7Cl3N2O/c13-7-1-3-9(10(15)5-7)12(18)17-11-4-2-8(14)6-16-11/h1-6H,(H,16,17,18). The molecule has 0 spiro atoms. The van der Waals surface area contributed by atoms with Crippen molar-refractivity contribution in [3.8, 4) is 0 Å². The molecule has 92 valence electrons. The van der Waals surface area contributed by atoms with Crippen LogP contribution in [0.25, 0.3) is 0 Å². The minimum Gasteiger partial charge on any atom is -0.307 e. The number of hydrogen-bond acceptors (Lipinski definition) is 2. The normalized spacial score (nSPS) is 10.2. The van der Waals surface area contributed by atoms with E-state index in [1.54, 1.807) is 24.3 Å². The largest absolute Gasteiger partial charge is 0.307 e. The molecular weight excluding hydrogens is 295 g/mol. The van der Waals surface area contributed by atoms with E-state index in [4.69, 9.17) is 34.8 Å². The number of pyridine rings is 1. The summed E-state index contributed by atoms with van der Waals surface area (Å²) < 4.78 is 0. The fourth-order valence-corrected chi connectivity index (χ4v) is 1.91. The van der Waals surface area contributed by atoms with Gasteiger partial charge in [-0.2, -0.15) is 0 Å². The summed E-state index contributed by atoms with van der Waals surface area (Å²) in [5, 5.41) is 3.87. The molecule has 2 rings (SSSR count). The topological polar surface area (TPSA) is 42.0 Å². The lowest BCUT2D eigenvalue weighted by atomic mass is 10.2. The third-order valence-electron chi connectivity index (χ3n) is 2.14. The van der Waals surface area contributed by atoms with E-state index in [0.29, 0.717) is 21.4 Å². The molecule has 0 fully saturated rings. The van der Waals surface area contributed by atoms with Gasteiger partial charge in [-0.25, -0.2) is 4.98 Å². The van der Waals surface area contributed by atoms with Crippen LogP contribution in [0, 0.1) is 0 Å². The summed E-state index contributed by atoms with van der Waals surface area (Å²) in [6.45, 7) is 0. The number of anilines is 1. The molecule has 2 aromatic rings. The predicted octanol–water partition coefficient (Wildman–Crippen LogP) is 4.29. The van der Waals surface area contributed by atoms with Crippen LogP contribution in [0.1, 0.15) is 10.4 Å². The zero-order chi connectivity index (χ0) is 13.1. The highest BCUT2D eigenvalue weighted by Crippen LogP contribution is 2.21. The molecule has 6 heteroatoms. The van der Waals surface area contributed by atoms with Gasteiger partial charge in [0.15, 0.2) is 0 Å². The molecule has 0 aliphatic rings. The average molecular weight is 302 g/mol. The average Bonchev–Trinajstić information content (AvgIpc) is 2.32. The van der Waals surface area contributed by atoms with Gasteiger partial charge in [-0.1, -0.05) is 34.8 Å². The molecule has 1 amide bonds. The second-order valence-electron chi connectivity index (χ2n) is 3.44. The number of amides is 1. The predicted molar refractivity (Wildman–Crippen MR) is 73.7 cm³/mol. The lowest BCUT2D eigenvalue weighted by Gasteiger charge is -2.06. The Labute approximate surface area is 119 Å². The minimum atomic E-state index is -0.355. The molecule has 0 aliphatic heterocycles. The Morgan fingerprint density at radius 2 is 1.78 bits per heavy atom. The lowest BCUT2D eigenvalue weighted by Crippen LogP contribution is -2.13. The molecule has 0 aliphatic carbocycles. The second-order valence-corrected chi connectivity index (χ2v) is 4.72. The number of rotatable bonds is 2. The molecule has 18 heavy (non-hydrogen) atoms. The van der Waals surface area contributed by atoms with Gasteiger partial charge in [-0.05, 0) is 30.3 Å². The van der Waals surface area contributed by atoms with Crippen molar-refractivity contribution in [1.29, 1.82) is 0 Å². The molecule has 1 N–H and O–H groups in total. The Morgan fingerprint density at radius 1 is 1.06 bits per heavy atom. The second kappa shape index (κ2) is 5.57. The van der Waals surface area contributed by atoms with Gasteiger partial charge < -0.3 is 5.32 Å². The maximum atomic E-state index is 11.9. The van der Waals surface area contributed by atoms with Gasteiger partial charge in [0.2, 0.25) is 0 Å². The zero-order valence-electron chi connectivity index (χ0n) is 8.95. The lowest BCUT2D eigenvalue weighted by molar-refractivity contribution is 0.102. The first-order valence-corrected chi connectivity index (χ1v) is 6.07. The van der Waals surface area contributed by atoms with Crippen LogP contribution in [0.3, 0.4) is 0 Å². The number of carbonyl (C=O) groups is 1. The monoisotopic (exact) mass is 300 g/mol. The number of benzene rings is 1. The van der Waals surface area contributed by atoms with Gasteiger partial charge in [0, 0.05) is 11.2 Å². The summed E-state index contributed by atoms with van der Waals surface area (Å²) in [6, 6.07) is 7.89. The third kappa shape index (κ3) is 3.13. The molecule has 3 nitrogen and oxygen atoms in total. The summed E-state index contributed by atoms with van der Waals surface area (Å²) in [5.41, 5.74) is 0.331. The number of nitrogens with one attached hydrogen (secondary N) is 1. The van der Waals surface area contributed by atoms with Gasteiger partial charge in [0.05, 0.1) is 15.6 Å². The summed E-state index contributed by atoms with van der Waals surface area (Å²) in [4.78, 5) is 15.9. The first-order chi connectivity index (χ1) is 8.56. The van der Waals surface area contributed by atoms with Crippen molar-refractivity contribution in [2.75, 3.05) is 5.32 Å². The third-order valence-corrected chi connectivity index (χ3v) is 2.92. The van der Waals surface area contributed by atoms with E-state index in [0.717, 1.165) is 0 Å². The van der Waals surface area contributed by atoms with E-state index < -0.39 is 0 Å². The van der Waals surface area contributed by atoms with E-state index in [1.165, 1.54) is 12.3 Å². The molecule has 0 saturated heterocycles. The Kier molecular flexibility index (Phi) is 4.07. The molecule has 0 bridgehead atoms. The summed E-state index contributed by atoms with van der Waals surface area (Å²) >= 11 is 17.4. The van der Waals surface area contributed by atoms with Crippen LogP contribution in [0.5, 0.6) is 0 Å². The van der Waals surface area contributed by atoms with Crippen LogP contribution in [0.15, 0.2) is 36.5 Å². The number of carbonyl (C=O) groups excluding carboxylic acids is 1. The molecular formula is C12H7Cl3N2O. The van der Waals surface area contributed by atoms with Crippen LogP contribution < -0.4 is 5.32 Å². The van der Waals surface area contributed by atoms with Crippen molar-refractivity contribution in [2.45, 2.75) is 0 Å². The zero-order valence-corrected chi connectivity index (χ0v) is 11.2. The van der Waals surface area contributed by atoms with Crippen LogP contribution >= 0.6 is 34.8 Å². The van der Waals surface area contributed by atoms with Crippen molar-refractivity contribution < 1.29 is 4.79 Å². The molecule has 1 aromatic heterocycles. The number of nitrogens with zero attached hydrogens (tertiary/aromatic N) is 1. The summed E-state index contributed by atoms with van der Waals surface area (Å²) in [6.07, 6.45) is 1.45. The molecule has 0 unspecified atom stereocenters. The Balaban J connectivity index is 2.19. The van der Waals surface area contributed by atoms with Crippen molar-refractivity contribution in [2.24, 2.45) is 0 Å². The highest BCUT2D eigenvalue weighted by molar-refractivity contribution is 6.37. The van der Waals surface area contributed by atoms with E-state index in [1.807, 2.05) is 0 Å². The molecule has 1 aromatic carbocycles. The van der Waals surface area contributed by atoms with Gasteiger partial charge in [0.1, 0.15) is 5.82 Å². The number of aromatic nitrogens is 1. The minimum absolute atomic E-state index is 0.286. The van der Waals surface area contributed by atoms with Crippen molar-refractivity contribution in [3.05, 3.63) is 57.2 Å². The number of hydrogen-bond donors (Lipinski definition) is 1. The van der Waals surface area contributed by atoms with Crippen LogP contribution in [-0.2, 0) is 0 Å². The Bertz CT molecular complexity index is 584.